The van der Waals surface area contributed by atoms with E-state index in [0.29, 0.717) is 29.2 Å². The first-order valence-corrected chi connectivity index (χ1v) is 13.4. The number of fused-ring (bicyclic) bond motifs is 1. The molecule has 0 aliphatic heterocycles. The second-order valence-electron chi connectivity index (χ2n) is 8.69. The SMILES string of the molecule is CNC(=O)c1ccc(-c2cc(NCC(SC)C(C)c3cccc4c(C(=O)NC)ccnc34)ncn2)cc1F. The number of hydrogen-bond donors (Lipinski definition) is 3. The molecule has 0 aliphatic carbocycles. The van der Waals surface area contributed by atoms with Gasteiger partial charge in [-0.1, -0.05) is 31.2 Å². The van der Waals surface area contributed by atoms with E-state index in [9.17, 15) is 14.0 Å². The highest BCUT2D eigenvalue weighted by molar-refractivity contribution is 7.99. The summed E-state index contributed by atoms with van der Waals surface area (Å²) in [7, 11) is 3.07. The van der Waals surface area contributed by atoms with Gasteiger partial charge in [-0.25, -0.2) is 14.4 Å². The summed E-state index contributed by atoms with van der Waals surface area (Å²) in [6, 6.07) is 13.8. The van der Waals surface area contributed by atoms with Gasteiger partial charge in [-0.05, 0) is 35.9 Å². The summed E-state index contributed by atoms with van der Waals surface area (Å²) < 4.78 is 14.5. The lowest BCUT2D eigenvalue weighted by atomic mass is 9.93. The molecule has 0 radical (unpaired) electrons. The van der Waals surface area contributed by atoms with Crippen LogP contribution in [0.4, 0.5) is 10.2 Å². The number of thioether (sulfide) groups is 1. The predicted molar refractivity (Wildman–Crippen MR) is 150 cm³/mol. The fraction of sp³-hybridized carbons (Fsp3) is 0.250. The average molecular weight is 533 g/mol. The van der Waals surface area contributed by atoms with Crippen LogP contribution in [0.3, 0.4) is 0 Å². The molecule has 0 bridgehead atoms. The first-order chi connectivity index (χ1) is 18.4. The molecule has 38 heavy (non-hydrogen) atoms. The highest BCUT2D eigenvalue weighted by Gasteiger charge is 2.22. The molecular formula is C28H29FN6O2S. The van der Waals surface area contributed by atoms with Gasteiger partial charge in [0.1, 0.15) is 18.0 Å². The Labute approximate surface area is 224 Å². The Balaban J connectivity index is 1.54. The van der Waals surface area contributed by atoms with Crippen molar-refractivity contribution >= 4 is 40.3 Å². The van der Waals surface area contributed by atoms with Crippen LogP contribution in [0.1, 0.15) is 39.1 Å². The quantitative estimate of drug-likeness (QED) is 0.291. The maximum Gasteiger partial charge on any atom is 0.253 e. The number of pyridine rings is 1. The molecule has 0 saturated carbocycles. The van der Waals surface area contributed by atoms with Crippen molar-refractivity contribution in [1.82, 2.24) is 25.6 Å². The number of para-hydroxylation sites is 1. The molecule has 0 aliphatic rings. The Morgan fingerprint density at radius 2 is 1.74 bits per heavy atom. The van der Waals surface area contributed by atoms with Gasteiger partial charge in [-0.2, -0.15) is 11.8 Å². The fourth-order valence-electron chi connectivity index (χ4n) is 4.37. The van der Waals surface area contributed by atoms with E-state index in [1.54, 1.807) is 43.2 Å². The molecule has 4 rings (SSSR count). The van der Waals surface area contributed by atoms with Gasteiger partial charge >= 0.3 is 0 Å². The number of benzene rings is 2. The number of anilines is 1. The standard InChI is InChI=1S/C28H29FN6O2S/c1-16(18-6-5-7-19-20(27(36)30-2)10-11-32-26(18)19)24(38-4)14-33-25-13-23(34-15-35-25)17-8-9-21(22(29)12-17)28(37)31-3/h5-13,15-16,24H,14H2,1-4H3,(H,30,36)(H,31,37)(H,33,34,35). The zero-order chi connectivity index (χ0) is 27.2. The molecule has 8 nitrogen and oxygen atoms in total. The van der Waals surface area contributed by atoms with Gasteiger partial charge in [0.25, 0.3) is 11.8 Å². The molecule has 10 heteroatoms. The fourth-order valence-corrected chi connectivity index (χ4v) is 5.18. The minimum atomic E-state index is -0.616. The van der Waals surface area contributed by atoms with Gasteiger partial charge in [0, 0.05) is 49.1 Å². The molecule has 0 saturated heterocycles. The van der Waals surface area contributed by atoms with E-state index in [-0.39, 0.29) is 22.6 Å². The Kier molecular flexibility index (Phi) is 8.52. The highest BCUT2D eigenvalue weighted by atomic mass is 32.2. The molecule has 2 amide bonds. The summed E-state index contributed by atoms with van der Waals surface area (Å²) in [5, 5.41) is 9.48. The number of rotatable bonds is 9. The van der Waals surface area contributed by atoms with Gasteiger partial charge < -0.3 is 16.0 Å². The van der Waals surface area contributed by atoms with Crippen molar-refractivity contribution < 1.29 is 14.0 Å². The van der Waals surface area contributed by atoms with Gasteiger partial charge in [0.05, 0.1) is 22.3 Å². The van der Waals surface area contributed by atoms with Crippen molar-refractivity contribution in [1.29, 1.82) is 0 Å². The number of nitrogens with zero attached hydrogens (tertiary/aromatic N) is 3. The average Bonchev–Trinajstić information content (AvgIpc) is 2.96. The summed E-state index contributed by atoms with van der Waals surface area (Å²) in [6.07, 6.45) is 5.15. The highest BCUT2D eigenvalue weighted by Crippen LogP contribution is 2.33. The van der Waals surface area contributed by atoms with Gasteiger partial charge in [0.2, 0.25) is 0 Å². The van der Waals surface area contributed by atoms with E-state index in [4.69, 9.17) is 0 Å². The van der Waals surface area contributed by atoms with E-state index >= 15 is 0 Å². The van der Waals surface area contributed by atoms with Crippen LogP contribution in [-0.2, 0) is 0 Å². The third-order valence-electron chi connectivity index (χ3n) is 6.51. The smallest absolute Gasteiger partial charge is 0.253 e. The normalized spacial score (nSPS) is 12.6. The second-order valence-corrected chi connectivity index (χ2v) is 9.76. The van der Waals surface area contributed by atoms with Crippen molar-refractivity contribution in [2.24, 2.45) is 0 Å². The third-order valence-corrected chi connectivity index (χ3v) is 7.69. The summed E-state index contributed by atoms with van der Waals surface area (Å²) in [5.74, 6) is -0.527. The minimum Gasteiger partial charge on any atom is -0.369 e. The number of nitrogens with one attached hydrogen (secondary N) is 3. The largest absolute Gasteiger partial charge is 0.369 e. The van der Waals surface area contributed by atoms with Crippen LogP contribution in [0.15, 0.2) is 61.1 Å². The van der Waals surface area contributed by atoms with Crippen LogP contribution in [0.25, 0.3) is 22.2 Å². The van der Waals surface area contributed by atoms with Crippen molar-refractivity contribution in [3.63, 3.8) is 0 Å². The molecule has 2 atom stereocenters. The lowest BCUT2D eigenvalue weighted by molar-refractivity contribution is 0.0953. The van der Waals surface area contributed by atoms with Crippen LogP contribution < -0.4 is 16.0 Å². The van der Waals surface area contributed by atoms with E-state index in [1.807, 2.05) is 12.1 Å². The number of halogens is 1. The first kappa shape index (κ1) is 27.0. The molecule has 4 aromatic rings. The van der Waals surface area contributed by atoms with E-state index < -0.39 is 11.7 Å². The molecule has 2 aromatic carbocycles. The lowest BCUT2D eigenvalue weighted by Crippen LogP contribution is -2.23. The zero-order valence-electron chi connectivity index (χ0n) is 21.6. The monoisotopic (exact) mass is 532 g/mol. The maximum absolute atomic E-state index is 14.5. The Hall–Kier alpha value is -4.05. The Morgan fingerprint density at radius 3 is 2.45 bits per heavy atom. The molecule has 2 heterocycles. The van der Waals surface area contributed by atoms with Crippen LogP contribution in [0.2, 0.25) is 0 Å². The summed E-state index contributed by atoms with van der Waals surface area (Å²) in [6.45, 7) is 2.75. The number of carbonyl (C=O) groups is 2. The third kappa shape index (κ3) is 5.60. The molecule has 0 fully saturated rings. The minimum absolute atomic E-state index is 0.0224. The molecule has 196 valence electrons. The summed E-state index contributed by atoms with van der Waals surface area (Å²) in [5.41, 5.74) is 3.53. The topological polar surface area (TPSA) is 109 Å². The number of amides is 2. The van der Waals surface area contributed by atoms with Crippen LogP contribution in [-0.4, -0.2) is 58.9 Å². The first-order valence-electron chi connectivity index (χ1n) is 12.1. The summed E-state index contributed by atoms with van der Waals surface area (Å²) >= 11 is 1.72. The van der Waals surface area contributed by atoms with Crippen molar-refractivity contribution in [3.8, 4) is 11.3 Å². The van der Waals surface area contributed by atoms with Gasteiger partial charge in [-0.3, -0.25) is 14.6 Å². The maximum atomic E-state index is 14.5. The van der Waals surface area contributed by atoms with E-state index in [2.05, 4.69) is 50.1 Å². The molecule has 0 spiro atoms. The lowest BCUT2D eigenvalue weighted by Gasteiger charge is -2.24. The molecule has 3 N–H and O–H groups in total. The van der Waals surface area contributed by atoms with Crippen LogP contribution in [0.5, 0.6) is 0 Å². The van der Waals surface area contributed by atoms with Gasteiger partial charge in [0.15, 0.2) is 0 Å². The number of aromatic nitrogens is 3. The van der Waals surface area contributed by atoms with Crippen molar-refractivity contribution in [3.05, 3.63) is 83.6 Å². The number of hydrogen-bond acceptors (Lipinski definition) is 7. The Bertz CT molecular complexity index is 1480. The van der Waals surface area contributed by atoms with Crippen LogP contribution >= 0.6 is 11.8 Å². The zero-order valence-corrected chi connectivity index (χ0v) is 22.4. The van der Waals surface area contributed by atoms with Gasteiger partial charge in [-0.15, -0.1) is 0 Å². The predicted octanol–water partition coefficient (Wildman–Crippen LogP) is 4.50. The Morgan fingerprint density at radius 1 is 0.974 bits per heavy atom. The van der Waals surface area contributed by atoms with E-state index in [0.717, 1.165) is 16.5 Å². The second kappa shape index (κ2) is 12.0. The van der Waals surface area contributed by atoms with E-state index in [1.165, 1.54) is 25.5 Å². The number of carbonyl (C=O) groups excluding carboxylic acids is 2. The molecule has 2 unspecified atom stereocenters. The molecular weight excluding hydrogens is 503 g/mol. The van der Waals surface area contributed by atoms with Crippen LogP contribution in [0, 0.1) is 5.82 Å². The molecule has 2 aromatic heterocycles. The van der Waals surface area contributed by atoms with Crippen molar-refractivity contribution in [2.75, 3.05) is 32.2 Å². The van der Waals surface area contributed by atoms with Crippen molar-refractivity contribution in [2.45, 2.75) is 18.1 Å². The summed E-state index contributed by atoms with van der Waals surface area (Å²) in [4.78, 5) is 37.4.